The van der Waals surface area contributed by atoms with Crippen molar-refractivity contribution in [3.63, 3.8) is 0 Å². The molecule has 1 aromatic rings. The van der Waals surface area contributed by atoms with Gasteiger partial charge < -0.3 is 10.0 Å². The molecule has 0 aliphatic carbocycles. The molecule has 2 rings (SSSR count). The van der Waals surface area contributed by atoms with Crippen molar-refractivity contribution >= 4 is 5.69 Å². The third kappa shape index (κ3) is 2.32. The molecule has 0 radical (unpaired) electrons. The van der Waals surface area contributed by atoms with Gasteiger partial charge in [0, 0.05) is 18.8 Å². The molecule has 1 fully saturated rings. The first-order valence-electron chi connectivity index (χ1n) is 5.76. The number of para-hydroxylation sites is 1. The highest BCUT2D eigenvalue weighted by Crippen LogP contribution is 2.28. The van der Waals surface area contributed by atoms with Crippen LogP contribution >= 0.6 is 0 Å². The quantitative estimate of drug-likeness (QED) is 0.801. The van der Waals surface area contributed by atoms with Gasteiger partial charge in [-0.15, -0.1) is 0 Å². The van der Waals surface area contributed by atoms with Gasteiger partial charge in [-0.25, -0.2) is 0 Å². The van der Waals surface area contributed by atoms with E-state index in [1.807, 2.05) is 6.07 Å². The summed E-state index contributed by atoms with van der Waals surface area (Å²) in [5, 5.41) is 10.1. The van der Waals surface area contributed by atoms with E-state index in [1.54, 1.807) is 0 Å². The zero-order chi connectivity index (χ0) is 10.7. The summed E-state index contributed by atoms with van der Waals surface area (Å²) in [6.45, 7) is 4.00. The van der Waals surface area contributed by atoms with Gasteiger partial charge in [0.05, 0.1) is 5.60 Å². The van der Waals surface area contributed by atoms with Gasteiger partial charge in [-0.05, 0) is 31.4 Å². The summed E-state index contributed by atoms with van der Waals surface area (Å²) < 4.78 is 0. The summed E-state index contributed by atoms with van der Waals surface area (Å²) in [5.41, 5.74) is 0.862. The first-order chi connectivity index (χ1) is 7.23. The molecule has 0 spiro atoms. The lowest BCUT2D eigenvalue weighted by Gasteiger charge is -2.38. The van der Waals surface area contributed by atoms with Crippen LogP contribution in [0.3, 0.4) is 0 Å². The molecule has 2 heteroatoms. The van der Waals surface area contributed by atoms with Crippen molar-refractivity contribution in [2.75, 3.05) is 18.0 Å². The minimum atomic E-state index is -0.411. The molecular weight excluding hydrogens is 186 g/mol. The van der Waals surface area contributed by atoms with Crippen molar-refractivity contribution in [3.05, 3.63) is 30.3 Å². The highest BCUT2D eigenvalue weighted by Gasteiger charge is 2.30. The number of nitrogens with zero attached hydrogens (tertiary/aromatic N) is 1. The summed E-state index contributed by atoms with van der Waals surface area (Å²) in [5.74, 6) is 0. The molecule has 0 aromatic heterocycles. The molecule has 1 aliphatic rings. The maximum absolute atomic E-state index is 10.1. The van der Waals surface area contributed by atoms with E-state index in [0.29, 0.717) is 0 Å². The number of piperidine rings is 1. The van der Waals surface area contributed by atoms with Crippen molar-refractivity contribution in [2.24, 2.45) is 0 Å². The lowest BCUT2D eigenvalue weighted by molar-refractivity contribution is 0.0126. The SMILES string of the molecule is CCC1(O)CCN(c2ccccc2)CC1. The molecule has 0 atom stereocenters. The van der Waals surface area contributed by atoms with Gasteiger partial charge in [-0.2, -0.15) is 0 Å². The molecule has 0 bridgehead atoms. The Morgan fingerprint density at radius 2 is 1.80 bits per heavy atom. The fourth-order valence-electron chi connectivity index (χ4n) is 2.17. The molecule has 0 saturated carbocycles. The molecule has 1 heterocycles. The Morgan fingerprint density at radius 1 is 1.20 bits per heavy atom. The zero-order valence-corrected chi connectivity index (χ0v) is 9.32. The number of benzene rings is 1. The van der Waals surface area contributed by atoms with Crippen LogP contribution in [0.1, 0.15) is 26.2 Å². The number of anilines is 1. The second-order valence-corrected chi connectivity index (χ2v) is 4.40. The van der Waals surface area contributed by atoms with Crippen LogP contribution in [0.25, 0.3) is 0 Å². The van der Waals surface area contributed by atoms with E-state index in [4.69, 9.17) is 0 Å². The molecule has 0 unspecified atom stereocenters. The third-order valence-electron chi connectivity index (χ3n) is 3.47. The molecular formula is C13H19NO. The molecule has 2 nitrogen and oxygen atoms in total. The van der Waals surface area contributed by atoms with Crippen molar-refractivity contribution in [1.29, 1.82) is 0 Å². The fourth-order valence-corrected chi connectivity index (χ4v) is 2.17. The molecule has 82 valence electrons. The van der Waals surface area contributed by atoms with E-state index in [1.165, 1.54) is 5.69 Å². The molecule has 1 aromatic carbocycles. The van der Waals surface area contributed by atoms with Crippen molar-refractivity contribution in [2.45, 2.75) is 31.8 Å². The number of hydrogen-bond donors (Lipinski definition) is 1. The Bertz CT molecular complexity index is 302. The minimum absolute atomic E-state index is 0.411. The van der Waals surface area contributed by atoms with E-state index in [-0.39, 0.29) is 0 Å². The van der Waals surface area contributed by atoms with Gasteiger partial charge in [-0.1, -0.05) is 25.1 Å². The van der Waals surface area contributed by atoms with Gasteiger partial charge in [0.15, 0.2) is 0 Å². The number of rotatable bonds is 2. The monoisotopic (exact) mass is 205 g/mol. The fraction of sp³-hybridized carbons (Fsp3) is 0.538. The van der Waals surface area contributed by atoms with E-state index in [9.17, 15) is 5.11 Å². The normalized spacial score (nSPS) is 20.3. The Hall–Kier alpha value is -1.02. The van der Waals surface area contributed by atoms with Gasteiger partial charge >= 0.3 is 0 Å². The maximum Gasteiger partial charge on any atom is 0.0678 e. The third-order valence-corrected chi connectivity index (χ3v) is 3.47. The van der Waals surface area contributed by atoms with E-state index in [0.717, 1.165) is 32.4 Å². The topological polar surface area (TPSA) is 23.5 Å². The summed E-state index contributed by atoms with van der Waals surface area (Å²) in [7, 11) is 0. The van der Waals surface area contributed by atoms with Gasteiger partial charge in [0.1, 0.15) is 0 Å². The first-order valence-corrected chi connectivity index (χ1v) is 5.76. The molecule has 1 saturated heterocycles. The average molecular weight is 205 g/mol. The van der Waals surface area contributed by atoms with E-state index in [2.05, 4.69) is 36.1 Å². The summed E-state index contributed by atoms with van der Waals surface area (Å²) in [6.07, 6.45) is 2.65. The summed E-state index contributed by atoms with van der Waals surface area (Å²) in [4.78, 5) is 2.35. The number of aliphatic hydroxyl groups is 1. The van der Waals surface area contributed by atoms with Crippen LogP contribution in [0.15, 0.2) is 30.3 Å². The Morgan fingerprint density at radius 3 is 2.33 bits per heavy atom. The van der Waals surface area contributed by atoms with E-state index < -0.39 is 5.60 Å². The van der Waals surface area contributed by atoms with Crippen molar-refractivity contribution in [1.82, 2.24) is 0 Å². The molecule has 1 N–H and O–H groups in total. The van der Waals surface area contributed by atoms with Crippen LogP contribution in [0.2, 0.25) is 0 Å². The summed E-state index contributed by atoms with van der Waals surface area (Å²) >= 11 is 0. The predicted octanol–water partition coefficient (Wildman–Crippen LogP) is 2.43. The van der Waals surface area contributed by atoms with Gasteiger partial charge in [-0.3, -0.25) is 0 Å². The molecule has 15 heavy (non-hydrogen) atoms. The van der Waals surface area contributed by atoms with Gasteiger partial charge in [0.2, 0.25) is 0 Å². The van der Waals surface area contributed by atoms with Crippen LogP contribution in [0.4, 0.5) is 5.69 Å². The van der Waals surface area contributed by atoms with Crippen LogP contribution in [0.5, 0.6) is 0 Å². The summed E-state index contributed by atoms with van der Waals surface area (Å²) in [6, 6.07) is 10.4. The average Bonchev–Trinajstić information content (AvgIpc) is 2.31. The van der Waals surface area contributed by atoms with Gasteiger partial charge in [0.25, 0.3) is 0 Å². The second-order valence-electron chi connectivity index (χ2n) is 4.40. The van der Waals surface area contributed by atoms with Crippen LogP contribution in [-0.4, -0.2) is 23.8 Å². The Kier molecular flexibility index (Phi) is 2.96. The maximum atomic E-state index is 10.1. The Balaban J connectivity index is 2.00. The number of hydrogen-bond acceptors (Lipinski definition) is 2. The predicted molar refractivity (Wildman–Crippen MR) is 63.1 cm³/mol. The standard InChI is InChI=1S/C13H19NO/c1-2-13(15)8-10-14(11-9-13)12-6-4-3-5-7-12/h3-7,15H,2,8-11H2,1H3. The smallest absolute Gasteiger partial charge is 0.0678 e. The lowest BCUT2D eigenvalue weighted by atomic mass is 9.89. The molecule has 1 aliphatic heterocycles. The zero-order valence-electron chi connectivity index (χ0n) is 9.32. The van der Waals surface area contributed by atoms with Crippen LogP contribution < -0.4 is 4.90 Å². The van der Waals surface area contributed by atoms with Crippen LogP contribution in [-0.2, 0) is 0 Å². The highest BCUT2D eigenvalue weighted by molar-refractivity contribution is 5.46. The second kappa shape index (κ2) is 4.23. The van der Waals surface area contributed by atoms with Crippen molar-refractivity contribution < 1.29 is 5.11 Å². The minimum Gasteiger partial charge on any atom is -0.390 e. The largest absolute Gasteiger partial charge is 0.390 e. The van der Waals surface area contributed by atoms with E-state index >= 15 is 0 Å². The Labute approximate surface area is 91.5 Å². The first kappa shape index (κ1) is 10.5. The highest BCUT2D eigenvalue weighted by atomic mass is 16.3. The lowest BCUT2D eigenvalue weighted by Crippen LogP contribution is -2.44. The molecule has 0 amide bonds. The van der Waals surface area contributed by atoms with Crippen LogP contribution in [0, 0.1) is 0 Å². The van der Waals surface area contributed by atoms with Crippen molar-refractivity contribution in [3.8, 4) is 0 Å².